The number of hydrogen-bond acceptors (Lipinski definition) is 17. The second kappa shape index (κ2) is 26.0. The minimum absolute atomic E-state index is 0.151. The Bertz CT molecular complexity index is 2420. The Kier molecular flexibility index (Phi) is 21.0. The van der Waals surface area contributed by atoms with Crippen molar-refractivity contribution in [2.45, 2.75) is 212 Å². The largest absolute Gasteiger partial charge is 0.477 e. The van der Waals surface area contributed by atoms with Crippen LogP contribution in [-0.4, -0.2) is 176 Å². The van der Waals surface area contributed by atoms with Crippen molar-refractivity contribution in [3.63, 3.8) is 0 Å². The molecule has 1 unspecified atom stereocenters. The number of likely N-dealkylation sites (N-methyl/N-ethyl adjacent to an activating group) is 1. The van der Waals surface area contributed by atoms with E-state index in [4.69, 9.17) is 42.6 Å². The third kappa shape index (κ3) is 13.6. The fourth-order valence-corrected chi connectivity index (χ4v) is 12.6. The predicted molar refractivity (Wildman–Crippen MR) is 287 cm³/mol. The summed E-state index contributed by atoms with van der Waals surface area (Å²) in [4.78, 5) is 69.1. The van der Waals surface area contributed by atoms with Crippen molar-refractivity contribution < 1.29 is 72.0 Å². The van der Waals surface area contributed by atoms with E-state index in [0.717, 1.165) is 18.5 Å². The molecular weight excluding hydrogens is 997 g/mol. The number of carboxylic acid groups (broad SMARTS) is 1. The molecule has 1 aromatic carbocycles. The van der Waals surface area contributed by atoms with Crippen molar-refractivity contribution in [2.75, 3.05) is 48.0 Å². The molecular formula is C57H90N4O16. The number of esters is 1. The zero-order valence-corrected chi connectivity index (χ0v) is 48.3. The summed E-state index contributed by atoms with van der Waals surface area (Å²) in [6.07, 6.45) is -3.28. The van der Waals surface area contributed by atoms with Gasteiger partial charge in [0.25, 0.3) is 0 Å². The van der Waals surface area contributed by atoms with Crippen LogP contribution < -0.4 is 16.1 Å². The van der Waals surface area contributed by atoms with Gasteiger partial charge in [0.2, 0.25) is 5.43 Å². The summed E-state index contributed by atoms with van der Waals surface area (Å²) in [6, 6.07) is 4.54. The van der Waals surface area contributed by atoms with Gasteiger partial charge in [0, 0.05) is 69.2 Å². The van der Waals surface area contributed by atoms with Crippen LogP contribution in [0.25, 0.3) is 10.9 Å². The molecule has 18 atom stereocenters. The van der Waals surface area contributed by atoms with Gasteiger partial charge in [-0.2, -0.15) is 0 Å². The Balaban J connectivity index is 1.19. The van der Waals surface area contributed by atoms with Gasteiger partial charge >= 0.3 is 18.0 Å². The van der Waals surface area contributed by atoms with E-state index in [1.54, 1.807) is 45.6 Å². The van der Waals surface area contributed by atoms with Crippen LogP contribution in [0.15, 0.2) is 29.2 Å². The monoisotopic (exact) mass is 1090 g/mol. The van der Waals surface area contributed by atoms with Crippen LogP contribution in [0.3, 0.4) is 0 Å². The second-order valence-corrected chi connectivity index (χ2v) is 23.0. The highest BCUT2D eigenvalue weighted by atomic mass is 16.7. The SMILES string of the molecule is CC[C@@H]1OC(=O)[C@H](C)[C@H](O[C@@H]2C[C@](C)(OC)[C@H](OCCCNCCCc3ccc4c(c3)c(=O)c(C(=O)O)cn4CC)[C@H](C)O2)[C@@H](C)[C@H](O[C@H]2O[C@@H](C)C[C@@H](N(C)C)[C@H]2O)[C@](C)(OC)C[C@H](C)C(=O)C(C)[C@H]2NC(=O)O[C@@]12C. The molecule has 434 valence electrons. The number of Topliss-reactive ketones (excluding diaryl/α,β-unsaturated/α-hetero) is 1. The maximum absolute atomic E-state index is 14.8. The van der Waals surface area contributed by atoms with Crippen LogP contribution in [0.2, 0.25) is 0 Å². The van der Waals surface area contributed by atoms with Gasteiger partial charge in [0.15, 0.2) is 18.2 Å². The minimum Gasteiger partial charge on any atom is -0.477 e. The van der Waals surface area contributed by atoms with E-state index in [1.165, 1.54) is 6.20 Å². The Morgan fingerprint density at radius 3 is 2.22 bits per heavy atom. The zero-order valence-electron chi connectivity index (χ0n) is 48.3. The van der Waals surface area contributed by atoms with E-state index in [-0.39, 0.29) is 42.8 Å². The number of rotatable bonds is 19. The smallest absolute Gasteiger partial charge is 0.408 e. The Hall–Kier alpha value is -4.09. The van der Waals surface area contributed by atoms with Gasteiger partial charge in [-0.1, -0.05) is 33.8 Å². The third-order valence-corrected chi connectivity index (χ3v) is 17.2. The van der Waals surface area contributed by atoms with E-state index in [9.17, 15) is 34.2 Å². The van der Waals surface area contributed by atoms with E-state index in [0.29, 0.717) is 49.9 Å². The molecule has 4 aliphatic heterocycles. The van der Waals surface area contributed by atoms with Crippen molar-refractivity contribution >= 4 is 34.7 Å². The molecule has 77 heavy (non-hydrogen) atoms. The lowest BCUT2D eigenvalue weighted by Gasteiger charge is -2.50. The Morgan fingerprint density at radius 1 is 0.909 bits per heavy atom. The quantitative estimate of drug-likeness (QED) is 0.0951. The molecule has 0 spiro atoms. The molecule has 4 saturated heterocycles. The van der Waals surface area contributed by atoms with E-state index >= 15 is 0 Å². The van der Waals surface area contributed by atoms with Gasteiger partial charge in [0.05, 0.1) is 53.1 Å². The average Bonchev–Trinajstić information content (AvgIpc) is 3.74. The first-order valence-electron chi connectivity index (χ1n) is 27.8. The number of ether oxygens (including phenoxy) is 9. The number of carbonyl (C=O) groups excluding carboxylic acids is 3. The predicted octanol–water partition coefficient (Wildman–Crippen LogP) is 5.86. The molecule has 4 fully saturated rings. The number of fused-ring (bicyclic) bond motifs is 2. The number of benzene rings is 1. The fourth-order valence-electron chi connectivity index (χ4n) is 12.6. The standard InChI is InChI=1S/C57H90N4O16/c1-16-42-57(11)48(59-54(68)77-57)33(5)44(62)31(3)28-55(9,69-14)49(76-53-46(64)41(60(12)13)26-32(4)72-53)34(6)47(35(7)52(67)74-42)75-43-29-56(10,70-15)50(36(8)73-43)71-25-19-24-58-23-18-20-37-21-22-40-38(27-37)45(63)39(51(65)66)30-61(40)17-2/h21-22,27,30-36,41-43,46-50,53,58,64H,16-20,23-26,28-29H2,1-15H3,(H,59,68)(H,65,66)/t31-,32-,33?,34+,35+,36-,41+,42-,43+,46+,47+,48+,49-,50+,53+,55+,56-,57-/m0/s1. The number of pyridine rings is 1. The van der Waals surface area contributed by atoms with Gasteiger partial charge in [-0.3, -0.25) is 14.4 Å². The molecule has 2 aromatic rings. The lowest BCUT2D eigenvalue weighted by Crippen LogP contribution is -2.61. The highest BCUT2D eigenvalue weighted by Gasteiger charge is 2.58. The number of nitrogens with zero attached hydrogens (tertiary/aromatic N) is 2. The summed E-state index contributed by atoms with van der Waals surface area (Å²) in [7, 11) is 6.95. The maximum Gasteiger partial charge on any atom is 0.408 e. The third-order valence-electron chi connectivity index (χ3n) is 17.2. The lowest BCUT2D eigenvalue weighted by atomic mass is 9.73. The van der Waals surface area contributed by atoms with E-state index in [1.807, 2.05) is 86.5 Å². The molecule has 4 N–H and O–H groups in total. The maximum atomic E-state index is 14.8. The van der Waals surface area contributed by atoms with Crippen molar-refractivity contribution in [3.05, 3.63) is 45.7 Å². The molecule has 4 aliphatic rings. The van der Waals surface area contributed by atoms with Gasteiger partial charge in [-0.25, -0.2) is 9.59 Å². The highest BCUT2D eigenvalue weighted by molar-refractivity contribution is 5.92. The first kappa shape index (κ1) is 62.1. The highest BCUT2D eigenvalue weighted by Crippen LogP contribution is 2.43. The molecule has 20 heteroatoms. The molecule has 0 saturated carbocycles. The number of cyclic esters (lactones) is 1. The van der Waals surface area contributed by atoms with Crippen molar-refractivity contribution in [3.8, 4) is 0 Å². The second-order valence-electron chi connectivity index (χ2n) is 23.0. The van der Waals surface area contributed by atoms with Crippen molar-refractivity contribution in [2.24, 2.45) is 23.7 Å². The summed E-state index contributed by atoms with van der Waals surface area (Å²) in [6.45, 7) is 22.6. The summed E-state index contributed by atoms with van der Waals surface area (Å²) < 4.78 is 60.4. The number of aliphatic hydroxyl groups is 1. The van der Waals surface area contributed by atoms with Crippen molar-refractivity contribution in [1.82, 2.24) is 20.1 Å². The van der Waals surface area contributed by atoms with Crippen molar-refractivity contribution in [1.29, 1.82) is 0 Å². The molecule has 6 rings (SSSR count). The number of carboxylic acids is 1. The number of hydrogen-bond donors (Lipinski definition) is 4. The van der Waals surface area contributed by atoms with Crippen LogP contribution in [0.1, 0.15) is 131 Å². The number of alkyl carbamates (subject to hydrolysis) is 1. The van der Waals surface area contributed by atoms with Gasteiger partial charge in [0.1, 0.15) is 29.7 Å². The van der Waals surface area contributed by atoms with E-state index in [2.05, 4.69) is 10.6 Å². The average molecular weight is 1090 g/mol. The topological polar surface area (TPSA) is 241 Å². The Morgan fingerprint density at radius 2 is 1.58 bits per heavy atom. The number of aromatic nitrogens is 1. The minimum atomic E-state index is -1.39. The van der Waals surface area contributed by atoms with E-state index < -0.39 is 119 Å². The lowest BCUT2D eigenvalue weighted by molar-refractivity contribution is -0.322. The summed E-state index contributed by atoms with van der Waals surface area (Å²) >= 11 is 0. The molecule has 5 heterocycles. The zero-order chi connectivity index (χ0) is 56.9. The molecule has 0 aliphatic carbocycles. The number of carbonyl (C=O) groups is 4. The number of methoxy groups -OCH3 is 2. The van der Waals surface area contributed by atoms with Crippen LogP contribution in [-0.2, 0) is 65.2 Å². The van der Waals surface area contributed by atoms with Gasteiger partial charge in [-0.15, -0.1) is 0 Å². The first-order valence-corrected chi connectivity index (χ1v) is 27.8. The van der Waals surface area contributed by atoms with Gasteiger partial charge in [-0.05, 0) is 132 Å². The number of aliphatic hydroxyl groups excluding tert-OH is 1. The van der Waals surface area contributed by atoms with Crippen LogP contribution in [0.5, 0.6) is 0 Å². The number of nitrogens with one attached hydrogen (secondary N) is 2. The molecule has 1 aromatic heterocycles. The van der Waals surface area contributed by atoms with Crippen LogP contribution in [0.4, 0.5) is 4.79 Å². The summed E-state index contributed by atoms with van der Waals surface area (Å²) in [5, 5.41) is 28.2. The summed E-state index contributed by atoms with van der Waals surface area (Å²) in [5.41, 5.74) is -2.61. The number of aryl methyl sites for hydroxylation is 2. The van der Waals surface area contributed by atoms with Crippen LogP contribution in [0, 0.1) is 23.7 Å². The first-order chi connectivity index (χ1) is 36.3. The molecule has 1 amide bonds. The Labute approximate surface area is 454 Å². The number of ketones is 1. The fraction of sp³-hybridized carbons (Fsp3) is 0.772. The molecule has 0 radical (unpaired) electrons. The van der Waals surface area contributed by atoms with Crippen LogP contribution >= 0.6 is 0 Å². The normalized spacial score (nSPS) is 37.5. The number of amides is 1. The molecule has 0 bridgehead atoms. The van der Waals surface area contributed by atoms with Gasteiger partial charge < -0.3 is 72.9 Å². The number of aromatic carboxylic acids is 1. The molecule has 20 nitrogen and oxygen atoms in total. The summed E-state index contributed by atoms with van der Waals surface area (Å²) in [5.74, 6) is -5.13.